The van der Waals surface area contributed by atoms with Crippen molar-refractivity contribution >= 4 is 17.8 Å². The van der Waals surface area contributed by atoms with E-state index >= 15 is 0 Å². The topological polar surface area (TPSA) is 84.9 Å². The Kier molecular flexibility index (Phi) is 7.69. The van der Waals surface area contributed by atoms with E-state index in [0.717, 1.165) is 0 Å². The number of amides is 2. The summed E-state index contributed by atoms with van der Waals surface area (Å²) < 4.78 is 23.3. The summed E-state index contributed by atoms with van der Waals surface area (Å²) >= 11 is 0. The molecular formula is C20H25FN2O5. The monoisotopic (exact) mass is 392 g/mol. The first kappa shape index (κ1) is 21.6. The molecule has 1 heterocycles. The summed E-state index contributed by atoms with van der Waals surface area (Å²) in [6.45, 7) is 3.96. The van der Waals surface area contributed by atoms with Crippen molar-refractivity contribution < 1.29 is 28.2 Å². The molecule has 0 radical (unpaired) electrons. The van der Waals surface area contributed by atoms with Crippen LogP contribution in [0.4, 0.5) is 4.39 Å². The lowest BCUT2D eigenvalue weighted by Gasteiger charge is -2.34. The van der Waals surface area contributed by atoms with Gasteiger partial charge in [0.05, 0.1) is 18.8 Å². The van der Waals surface area contributed by atoms with Crippen LogP contribution in [0.2, 0.25) is 0 Å². The lowest BCUT2D eigenvalue weighted by molar-refractivity contribution is -0.141. The quantitative estimate of drug-likeness (QED) is 0.538. The van der Waals surface area contributed by atoms with E-state index in [1.807, 2.05) is 0 Å². The van der Waals surface area contributed by atoms with E-state index in [9.17, 15) is 18.8 Å². The van der Waals surface area contributed by atoms with Crippen LogP contribution in [0.15, 0.2) is 35.5 Å². The average Bonchev–Trinajstić information content (AvgIpc) is 2.65. The molecule has 0 saturated carbocycles. The zero-order valence-electron chi connectivity index (χ0n) is 16.3. The van der Waals surface area contributed by atoms with Crippen molar-refractivity contribution in [1.82, 2.24) is 10.2 Å². The maximum absolute atomic E-state index is 13.3. The van der Waals surface area contributed by atoms with Gasteiger partial charge in [-0.3, -0.25) is 9.59 Å². The van der Waals surface area contributed by atoms with Gasteiger partial charge in [-0.15, -0.1) is 0 Å². The Balaban J connectivity index is 2.33. The molecule has 0 saturated heterocycles. The third-order valence-corrected chi connectivity index (χ3v) is 4.52. The molecule has 7 nitrogen and oxygen atoms in total. The lowest BCUT2D eigenvalue weighted by atomic mass is 9.83. The smallest absolute Gasteiger partial charge is 0.336 e. The number of halogens is 1. The minimum Gasteiger partial charge on any atom is -0.463 e. The van der Waals surface area contributed by atoms with Gasteiger partial charge < -0.3 is 19.7 Å². The standard InChI is InChI=1S/C20H25FN2O5/c1-4-28-20(26)19-13(2)23(12-17(24)22-9-10-27-3)18(25)11-16(19)14-5-7-15(21)8-6-14/h5-8,16H,4,9-12H2,1-3H3,(H,22,24). The van der Waals surface area contributed by atoms with Crippen LogP contribution in [0.3, 0.4) is 0 Å². The van der Waals surface area contributed by atoms with Gasteiger partial charge >= 0.3 is 5.97 Å². The van der Waals surface area contributed by atoms with Crippen molar-refractivity contribution in [3.8, 4) is 0 Å². The number of ether oxygens (including phenoxy) is 2. The van der Waals surface area contributed by atoms with E-state index in [1.54, 1.807) is 26.0 Å². The highest BCUT2D eigenvalue weighted by molar-refractivity contribution is 5.97. The first-order chi connectivity index (χ1) is 13.4. The molecule has 1 N–H and O–H groups in total. The fourth-order valence-electron chi connectivity index (χ4n) is 3.15. The van der Waals surface area contributed by atoms with Gasteiger partial charge in [0.1, 0.15) is 12.4 Å². The highest BCUT2D eigenvalue weighted by atomic mass is 19.1. The molecule has 0 aliphatic carbocycles. The maximum atomic E-state index is 13.3. The van der Waals surface area contributed by atoms with E-state index in [0.29, 0.717) is 30.0 Å². The van der Waals surface area contributed by atoms with Crippen molar-refractivity contribution in [3.05, 3.63) is 46.9 Å². The summed E-state index contributed by atoms with van der Waals surface area (Å²) in [5, 5.41) is 2.65. The molecule has 1 unspecified atom stereocenters. The molecule has 1 atom stereocenters. The zero-order valence-corrected chi connectivity index (χ0v) is 16.3. The van der Waals surface area contributed by atoms with Gasteiger partial charge in [0.15, 0.2) is 0 Å². The molecular weight excluding hydrogens is 367 g/mol. The second kappa shape index (κ2) is 9.98. The van der Waals surface area contributed by atoms with Crippen LogP contribution in [0.1, 0.15) is 31.7 Å². The third-order valence-electron chi connectivity index (χ3n) is 4.52. The Labute approximate surface area is 163 Å². The summed E-state index contributed by atoms with van der Waals surface area (Å²) in [5.74, 6) is -2.15. The van der Waals surface area contributed by atoms with Gasteiger partial charge in [0.25, 0.3) is 0 Å². The molecule has 0 fully saturated rings. The predicted octanol–water partition coefficient (Wildman–Crippen LogP) is 1.74. The summed E-state index contributed by atoms with van der Waals surface area (Å²) in [7, 11) is 1.52. The number of carbonyl (C=O) groups is 3. The molecule has 1 aliphatic rings. The van der Waals surface area contributed by atoms with E-state index in [1.165, 1.54) is 24.1 Å². The summed E-state index contributed by atoms with van der Waals surface area (Å²) in [6.07, 6.45) is -0.0114. The van der Waals surface area contributed by atoms with Crippen molar-refractivity contribution in [1.29, 1.82) is 0 Å². The number of esters is 1. The van der Waals surface area contributed by atoms with Crippen molar-refractivity contribution in [2.24, 2.45) is 0 Å². The van der Waals surface area contributed by atoms with E-state index in [-0.39, 0.29) is 31.4 Å². The van der Waals surface area contributed by atoms with Gasteiger partial charge in [-0.05, 0) is 31.5 Å². The fraction of sp³-hybridized carbons (Fsp3) is 0.450. The van der Waals surface area contributed by atoms with Gasteiger partial charge in [0, 0.05) is 31.7 Å². The number of nitrogens with zero attached hydrogens (tertiary/aromatic N) is 1. The highest BCUT2D eigenvalue weighted by Crippen LogP contribution is 2.37. The van der Waals surface area contributed by atoms with Gasteiger partial charge in [-0.25, -0.2) is 9.18 Å². The second-order valence-electron chi connectivity index (χ2n) is 6.35. The van der Waals surface area contributed by atoms with Crippen LogP contribution in [0, 0.1) is 5.82 Å². The van der Waals surface area contributed by atoms with E-state index < -0.39 is 17.7 Å². The minimum absolute atomic E-state index is 0.0114. The number of methoxy groups -OCH3 is 1. The average molecular weight is 392 g/mol. The van der Waals surface area contributed by atoms with Crippen molar-refractivity contribution in [2.75, 3.05) is 33.4 Å². The van der Waals surface area contributed by atoms with Crippen LogP contribution in [0.25, 0.3) is 0 Å². The molecule has 152 valence electrons. The summed E-state index contributed by atoms with van der Waals surface area (Å²) in [5.41, 5.74) is 1.31. The SMILES string of the molecule is CCOC(=O)C1=C(C)N(CC(=O)NCCOC)C(=O)CC1c1ccc(F)cc1. The van der Waals surface area contributed by atoms with Gasteiger partial charge in [0.2, 0.25) is 11.8 Å². The summed E-state index contributed by atoms with van der Waals surface area (Å²) in [4.78, 5) is 38.7. The minimum atomic E-state index is -0.556. The molecule has 8 heteroatoms. The number of hydrogen-bond donors (Lipinski definition) is 1. The largest absolute Gasteiger partial charge is 0.463 e. The molecule has 2 rings (SSSR count). The first-order valence-electron chi connectivity index (χ1n) is 9.08. The Hall–Kier alpha value is -2.74. The Morgan fingerprint density at radius 2 is 1.96 bits per heavy atom. The number of carbonyl (C=O) groups excluding carboxylic acids is 3. The van der Waals surface area contributed by atoms with Crippen LogP contribution >= 0.6 is 0 Å². The molecule has 1 aliphatic heterocycles. The van der Waals surface area contributed by atoms with E-state index in [2.05, 4.69) is 5.32 Å². The number of hydrogen-bond acceptors (Lipinski definition) is 5. The highest BCUT2D eigenvalue weighted by Gasteiger charge is 2.37. The molecule has 1 aromatic rings. The normalized spacial score (nSPS) is 16.9. The Bertz CT molecular complexity index is 760. The van der Waals surface area contributed by atoms with E-state index in [4.69, 9.17) is 9.47 Å². The van der Waals surface area contributed by atoms with Gasteiger partial charge in [-0.2, -0.15) is 0 Å². The zero-order chi connectivity index (χ0) is 20.7. The van der Waals surface area contributed by atoms with Crippen LogP contribution in [0.5, 0.6) is 0 Å². The van der Waals surface area contributed by atoms with Gasteiger partial charge in [-0.1, -0.05) is 12.1 Å². The number of nitrogens with one attached hydrogen (secondary N) is 1. The van der Waals surface area contributed by atoms with Crippen LogP contribution < -0.4 is 5.32 Å². The number of rotatable bonds is 8. The van der Waals surface area contributed by atoms with Crippen LogP contribution in [-0.2, 0) is 23.9 Å². The van der Waals surface area contributed by atoms with Crippen molar-refractivity contribution in [3.63, 3.8) is 0 Å². The molecule has 1 aromatic carbocycles. The summed E-state index contributed by atoms with van der Waals surface area (Å²) in [6, 6.07) is 5.67. The number of benzene rings is 1. The second-order valence-corrected chi connectivity index (χ2v) is 6.35. The lowest BCUT2D eigenvalue weighted by Crippen LogP contribution is -2.44. The van der Waals surface area contributed by atoms with Crippen LogP contribution in [-0.4, -0.2) is 56.1 Å². The Morgan fingerprint density at radius 1 is 1.29 bits per heavy atom. The molecule has 0 bridgehead atoms. The molecule has 2 amide bonds. The maximum Gasteiger partial charge on any atom is 0.336 e. The molecule has 0 aromatic heterocycles. The predicted molar refractivity (Wildman–Crippen MR) is 99.7 cm³/mol. The number of allylic oxidation sites excluding steroid dienone is 1. The Morgan fingerprint density at radius 3 is 2.57 bits per heavy atom. The first-order valence-corrected chi connectivity index (χ1v) is 9.08. The van der Waals surface area contributed by atoms with Crippen molar-refractivity contribution in [2.45, 2.75) is 26.2 Å². The molecule has 0 spiro atoms. The fourth-order valence-corrected chi connectivity index (χ4v) is 3.15. The third kappa shape index (κ3) is 5.16. The molecule has 28 heavy (non-hydrogen) atoms.